The molecule has 0 fully saturated rings. The summed E-state index contributed by atoms with van der Waals surface area (Å²) in [6, 6.07) is 41.9. The highest BCUT2D eigenvalue weighted by atomic mass is 32.2. The van der Waals surface area contributed by atoms with E-state index in [1.165, 1.54) is 0 Å². The van der Waals surface area contributed by atoms with E-state index in [0.29, 0.717) is 0 Å². The smallest absolute Gasteiger partial charge is 0.311 e. The van der Waals surface area contributed by atoms with Crippen molar-refractivity contribution in [3.05, 3.63) is 144 Å². The molecule has 0 unspecified atom stereocenters. The largest absolute Gasteiger partial charge is 0.446 e. The third kappa shape index (κ3) is 4.90. The Labute approximate surface area is 294 Å². The van der Waals surface area contributed by atoms with Crippen molar-refractivity contribution in [3.63, 3.8) is 0 Å². The molecule has 2 heterocycles. The van der Waals surface area contributed by atoms with Gasteiger partial charge in [-0.2, -0.15) is 13.2 Å². The molecule has 9 rings (SSSR count). The van der Waals surface area contributed by atoms with Gasteiger partial charge in [-0.15, -0.1) is 0 Å². The van der Waals surface area contributed by atoms with Crippen molar-refractivity contribution in [2.75, 3.05) is 9.80 Å². The zero-order chi connectivity index (χ0) is 34.5. The number of thioether (sulfide) groups is 1. The van der Waals surface area contributed by atoms with Gasteiger partial charge in [0.1, 0.15) is 0 Å². The van der Waals surface area contributed by atoms with Crippen LogP contribution in [0.5, 0.6) is 0 Å². The SMILES string of the molecule is Cc1ccc(N2c3cc(SC(F)(F)F)cc4c3B(c3ccc5ccc(C)cc5c32)c2ccc3ccc(C)cc3c2N4c2ccc(C)cc2)cc1. The van der Waals surface area contributed by atoms with E-state index in [1.807, 2.05) is 13.8 Å². The Bertz CT molecular complexity index is 2340. The van der Waals surface area contributed by atoms with Gasteiger partial charge in [0.2, 0.25) is 0 Å². The van der Waals surface area contributed by atoms with Crippen LogP contribution in [-0.2, 0) is 0 Å². The first-order valence-electron chi connectivity index (χ1n) is 16.8. The number of hydrogen-bond donors (Lipinski definition) is 0. The second-order valence-electron chi connectivity index (χ2n) is 13.7. The van der Waals surface area contributed by atoms with Crippen molar-refractivity contribution in [2.24, 2.45) is 0 Å². The molecule has 2 aliphatic heterocycles. The normalized spacial score (nSPS) is 13.5. The predicted octanol–water partition coefficient (Wildman–Crippen LogP) is 10.9. The summed E-state index contributed by atoms with van der Waals surface area (Å²) in [5.41, 5.74) is 8.61. The second-order valence-corrected chi connectivity index (χ2v) is 14.8. The summed E-state index contributed by atoms with van der Waals surface area (Å²) in [6.07, 6.45) is 0. The molecule has 0 amide bonds. The minimum Gasteiger partial charge on any atom is -0.311 e. The average molecular weight is 677 g/mol. The summed E-state index contributed by atoms with van der Waals surface area (Å²) < 4.78 is 43.0. The lowest BCUT2D eigenvalue weighted by Crippen LogP contribution is -2.61. The van der Waals surface area contributed by atoms with Crippen molar-refractivity contribution in [1.82, 2.24) is 0 Å². The van der Waals surface area contributed by atoms with E-state index in [0.717, 1.165) is 94.3 Å². The van der Waals surface area contributed by atoms with Crippen molar-refractivity contribution in [2.45, 2.75) is 38.1 Å². The van der Waals surface area contributed by atoms with E-state index in [1.54, 1.807) is 12.1 Å². The van der Waals surface area contributed by atoms with Gasteiger partial charge in [0.15, 0.2) is 0 Å². The summed E-state index contributed by atoms with van der Waals surface area (Å²) in [5.74, 6) is 0. The first kappa shape index (κ1) is 30.9. The maximum Gasteiger partial charge on any atom is 0.446 e. The number of benzene rings is 7. The molecular formula is C43H32BF3N2S. The van der Waals surface area contributed by atoms with Gasteiger partial charge in [0.25, 0.3) is 6.71 Å². The predicted molar refractivity (Wildman–Crippen MR) is 206 cm³/mol. The maximum atomic E-state index is 14.3. The van der Waals surface area contributed by atoms with E-state index in [4.69, 9.17) is 0 Å². The van der Waals surface area contributed by atoms with Crippen molar-refractivity contribution in [3.8, 4) is 0 Å². The number of fused-ring (bicyclic) bond motifs is 8. The highest BCUT2D eigenvalue weighted by molar-refractivity contribution is 8.00. The van der Waals surface area contributed by atoms with Crippen LogP contribution in [0, 0.1) is 27.7 Å². The third-order valence-corrected chi connectivity index (χ3v) is 10.8. The number of anilines is 6. The number of alkyl halides is 3. The molecule has 7 aromatic rings. The quantitative estimate of drug-likeness (QED) is 0.136. The van der Waals surface area contributed by atoms with Gasteiger partial charge < -0.3 is 9.80 Å². The molecule has 2 aliphatic rings. The molecule has 0 saturated carbocycles. The van der Waals surface area contributed by atoms with Crippen LogP contribution in [0.1, 0.15) is 22.3 Å². The Hall–Kier alpha value is -5.14. The lowest BCUT2D eigenvalue weighted by atomic mass is 9.33. The Balaban J connectivity index is 1.47. The highest BCUT2D eigenvalue weighted by Gasteiger charge is 2.45. The van der Waals surface area contributed by atoms with E-state index in [2.05, 4.69) is 133 Å². The molecule has 0 atom stereocenters. The van der Waals surface area contributed by atoms with Gasteiger partial charge in [-0.3, -0.25) is 0 Å². The number of nitrogens with zero attached hydrogens (tertiary/aromatic N) is 2. The molecule has 244 valence electrons. The summed E-state index contributed by atoms with van der Waals surface area (Å²) in [4.78, 5) is 4.56. The van der Waals surface area contributed by atoms with Gasteiger partial charge in [-0.05, 0) is 115 Å². The van der Waals surface area contributed by atoms with Crippen molar-refractivity contribution < 1.29 is 13.2 Å². The molecule has 0 aliphatic carbocycles. The lowest BCUT2D eigenvalue weighted by Gasteiger charge is -2.45. The average Bonchev–Trinajstić information content (AvgIpc) is 3.08. The van der Waals surface area contributed by atoms with E-state index in [-0.39, 0.29) is 23.4 Å². The first-order chi connectivity index (χ1) is 24.0. The molecule has 2 nitrogen and oxygen atoms in total. The number of hydrogen-bond acceptors (Lipinski definition) is 3. The molecule has 0 bridgehead atoms. The van der Waals surface area contributed by atoms with Gasteiger partial charge in [0, 0.05) is 49.8 Å². The molecule has 0 saturated heterocycles. The summed E-state index contributed by atoms with van der Waals surface area (Å²) >= 11 is -0.0508. The van der Waals surface area contributed by atoms with Crippen LogP contribution < -0.4 is 26.2 Å². The number of aryl methyl sites for hydroxylation is 4. The third-order valence-electron chi connectivity index (χ3n) is 10.1. The molecule has 0 spiro atoms. The molecule has 0 radical (unpaired) electrons. The minimum absolute atomic E-state index is 0.0508. The Morgan fingerprint density at radius 2 is 0.900 bits per heavy atom. The molecule has 50 heavy (non-hydrogen) atoms. The Morgan fingerprint density at radius 1 is 0.500 bits per heavy atom. The second kappa shape index (κ2) is 11.2. The summed E-state index contributed by atoms with van der Waals surface area (Å²) in [6.45, 7) is 8.06. The van der Waals surface area contributed by atoms with Gasteiger partial charge in [0.05, 0.1) is 0 Å². The van der Waals surface area contributed by atoms with Crippen LogP contribution in [0.2, 0.25) is 0 Å². The van der Waals surface area contributed by atoms with Gasteiger partial charge >= 0.3 is 5.51 Å². The summed E-state index contributed by atoms with van der Waals surface area (Å²) in [7, 11) is 0. The van der Waals surface area contributed by atoms with Crippen LogP contribution in [0.25, 0.3) is 21.5 Å². The molecule has 7 heteroatoms. The van der Waals surface area contributed by atoms with Crippen molar-refractivity contribution in [1.29, 1.82) is 0 Å². The molecule has 0 aromatic heterocycles. The first-order valence-corrected chi connectivity index (χ1v) is 17.6. The number of halogens is 3. The Morgan fingerprint density at radius 3 is 1.32 bits per heavy atom. The monoisotopic (exact) mass is 676 g/mol. The topological polar surface area (TPSA) is 6.48 Å². The highest BCUT2D eigenvalue weighted by Crippen LogP contribution is 2.50. The van der Waals surface area contributed by atoms with Crippen LogP contribution in [0.15, 0.2) is 126 Å². The van der Waals surface area contributed by atoms with Crippen LogP contribution in [-0.4, -0.2) is 12.2 Å². The lowest BCUT2D eigenvalue weighted by molar-refractivity contribution is -0.0328. The van der Waals surface area contributed by atoms with E-state index >= 15 is 0 Å². The zero-order valence-electron chi connectivity index (χ0n) is 28.1. The summed E-state index contributed by atoms with van der Waals surface area (Å²) in [5, 5.41) is 4.32. The molecule has 0 N–H and O–H groups in total. The fourth-order valence-electron chi connectivity index (χ4n) is 7.93. The minimum atomic E-state index is -4.46. The fourth-order valence-corrected chi connectivity index (χ4v) is 8.54. The van der Waals surface area contributed by atoms with E-state index < -0.39 is 5.51 Å². The van der Waals surface area contributed by atoms with Gasteiger partial charge in [-0.1, -0.05) is 95.1 Å². The standard InChI is InChI=1S/C43H32BF3N2S/c1-25-7-15-31(16-8-25)48-38-23-33(50-43(45,46)47)24-39-40(38)44(36-19-13-29-11-5-27(3)21-34(29)41(36)48)37-20-14-30-12-6-28(4)22-35(30)42(37)49(39)32-17-9-26(2)10-18-32/h5-24H,1-4H3. The molecular weight excluding hydrogens is 644 g/mol. The zero-order valence-corrected chi connectivity index (χ0v) is 28.9. The maximum absolute atomic E-state index is 14.3. The van der Waals surface area contributed by atoms with Crippen molar-refractivity contribution >= 4 is 90.5 Å². The molecule has 7 aromatic carbocycles. The van der Waals surface area contributed by atoms with Crippen LogP contribution in [0.3, 0.4) is 0 Å². The number of rotatable bonds is 3. The Kier molecular flexibility index (Phi) is 6.91. The van der Waals surface area contributed by atoms with Crippen LogP contribution in [0.4, 0.5) is 47.3 Å². The van der Waals surface area contributed by atoms with Gasteiger partial charge in [-0.25, -0.2) is 0 Å². The fraction of sp³-hybridized carbons (Fsp3) is 0.116. The van der Waals surface area contributed by atoms with Crippen LogP contribution >= 0.6 is 11.8 Å². The van der Waals surface area contributed by atoms with E-state index in [9.17, 15) is 13.2 Å².